The number of aryl methyl sites for hydroxylation is 1. The topological polar surface area (TPSA) is 49.4 Å². The SMILES string of the molecule is Cc1ccc(C2CC(NC3CC(=O)N(C)C3=O)C2)cc1. The Bertz CT molecular complexity index is 532. The number of imide groups is 1. The zero-order valence-corrected chi connectivity index (χ0v) is 11.9. The lowest BCUT2D eigenvalue weighted by Gasteiger charge is -2.37. The van der Waals surface area contributed by atoms with Crippen LogP contribution in [0, 0.1) is 6.92 Å². The summed E-state index contributed by atoms with van der Waals surface area (Å²) in [7, 11) is 1.56. The van der Waals surface area contributed by atoms with E-state index in [9.17, 15) is 9.59 Å². The highest BCUT2D eigenvalue weighted by molar-refractivity contribution is 6.05. The van der Waals surface area contributed by atoms with Crippen LogP contribution in [0.15, 0.2) is 24.3 Å². The summed E-state index contributed by atoms with van der Waals surface area (Å²) in [5.41, 5.74) is 2.65. The molecule has 106 valence electrons. The standard InChI is InChI=1S/C16H20N2O2/c1-10-3-5-11(6-4-10)12-7-13(8-12)17-14-9-15(19)18(2)16(14)20/h3-6,12-14,17H,7-9H2,1-2H3. The summed E-state index contributed by atoms with van der Waals surface area (Å²) in [5, 5.41) is 3.32. The van der Waals surface area contributed by atoms with Crippen LogP contribution in [-0.4, -0.2) is 35.8 Å². The van der Waals surface area contributed by atoms with E-state index in [4.69, 9.17) is 0 Å². The molecule has 1 saturated carbocycles. The third-order valence-electron chi connectivity index (χ3n) is 4.51. The highest BCUT2D eigenvalue weighted by Gasteiger charge is 2.40. The zero-order chi connectivity index (χ0) is 14.3. The first-order valence-electron chi connectivity index (χ1n) is 7.17. The number of hydrogen-bond donors (Lipinski definition) is 1. The van der Waals surface area contributed by atoms with E-state index in [-0.39, 0.29) is 17.9 Å². The van der Waals surface area contributed by atoms with Crippen molar-refractivity contribution in [3.63, 3.8) is 0 Å². The number of benzene rings is 1. The maximum absolute atomic E-state index is 11.8. The number of carbonyl (C=O) groups excluding carboxylic acids is 2. The molecule has 0 radical (unpaired) electrons. The molecule has 4 nitrogen and oxygen atoms in total. The minimum absolute atomic E-state index is 0.0816. The monoisotopic (exact) mass is 272 g/mol. The first-order valence-corrected chi connectivity index (χ1v) is 7.17. The first kappa shape index (κ1) is 13.3. The van der Waals surface area contributed by atoms with Crippen LogP contribution < -0.4 is 5.32 Å². The molecule has 1 aromatic rings. The van der Waals surface area contributed by atoms with E-state index >= 15 is 0 Å². The summed E-state index contributed by atoms with van der Waals surface area (Å²) >= 11 is 0. The molecule has 1 atom stereocenters. The third-order valence-corrected chi connectivity index (χ3v) is 4.51. The van der Waals surface area contributed by atoms with Crippen LogP contribution >= 0.6 is 0 Å². The summed E-state index contributed by atoms with van der Waals surface area (Å²) in [6.07, 6.45) is 2.40. The quantitative estimate of drug-likeness (QED) is 0.850. The minimum Gasteiger partial charge on any atom is -0.303 e. The summed E-state index contributed by atoms with van der Waals surface area (Å²) in [6.45, 7) is 2.09. The second-order valence-electron chi connectivity index (χ2n) is 5.99. The molecule has 1 heterocycles. The maximum atomic E-state index is 11.8. The van der Waals surface area contributed by atoms with E-state index in [2.05, 4.69) is 36.5 Å². The molecule has 1 saturated heterocycles. The Labute approximate surface area is 119 Å². The number of amides is 2. The zero-order valence-electron chi connectivity index (χ0n) is 11.9. The summed E-state index contributed by atoms with van der Waals surface area (Å²) in [4.78, 5) is 24.5. The van der Waals surface area contributed by atoms with Crippen LogP contribution in [-0.2, 0) is 9.59 Å². The molecule has 0 spiro atoms. The molecule has 1 N–H and O–H groups in total. The Kier molecular flexibility index (Phi) is 3.34. The van der Waals surface area contributed by atoms with E-state index in [1.165, 1.54) is 16.0 Å². The highest BCUT2D eigenvalue weighted by Crippen LogP contribution is 2.37. The molecule has 0 aromatic heterocycles. The predicted octanol–water partition coefficient (Wildman–Crippen LogP) is 1.59. The van der Waals surface area contributed by atoms with Crippen molar-refractivity contribution >= 4 is 11.8 Å². The number of nitrogens with zero attached hydrogens (tertiary/aromatic N) is 1. The molecule has 1 aliphatic carbocycles. The molecule has 4 heteroatoms. The normalized spacial score (nSPS) is 29.7. The molecule has 2 aliphatic rings. The predicted molar refractivity (Wildman–Crippen MR) is 76.3 cm³/mol. The Morgan fingerprint density at radius 2 is 1.80 bits per heavy atom. The van der Waals surface area contributed by atoms with Crippen molar-refractivity contribution in [3.05, 3.63) is 35.4 Å². The second-order valence-corrected chi connectivity index (χ2v) is 5.99. The van der Waals surface area contributed by atoms with Gasteiger partial charge in [0, 0.05) is 13.1 Å². The molecule has 1 unspecified atom stereocenters. The van der Waals surface area contributed by atoms with Gasteiger partial charge >= 0.3 is 0 Å². The lowest BCUT2D eigenvalue weighted by molar-refractivity contribution is -0.137. The molecule has 2 amide bonds. The Morgan fingerprint density at radius 1 is 1.15 bits per heavy atom. The number of carbonyl (C=O) groups is 2. The van der Waals surface area contributed by atoms with Gasteiger partial charge in [-0.2, -0.15) is 0 Å². The summed E-state index contributed by atoms with van der Waals surface area (Å²) in [5.74, 6) is 0.411. The van der Waals surface area contributed by atoms with E-state index in [1.807, 2.05) is 0 Å². The molecule has 1 aliphatic heterocycles. The molecule has 1 aromatic carbocycles. The molecule has 2 fully saturated rings. The Hall–Kier alpha value is -1.68. The Morgan fingerprint density at radius 3 is 2.35 bits per heavy atom. The smallest absolute Gasteiger partial charge is 0.246 e. The molecule has 20 heavy (non-hydrogen) atoms. The van der Waals surface area contributed by atoms with Crippen molar-refractivity contribution in [1.82, 2.24) is 10.2 Å². The molecule has 3 rings (SSSR count). The lowest BCUT2D eigenvalue weighted by atomic mass is 9.75. The van der Waals surface area contributed by atoms with E-state index in [0.717, 1.165) is 12.8 Å². The van der Waals surface area contributed by atoms with Gasteiger partial charge in [0.15, 0.2) is 0 Å². The fourth-order valence-electron chi connectivity index (χ4n) is 3.03. The van der Waals surface area contributed by atoms with Crippen LogP contribution in [0.2, 0.25) is 0 Å². The van der Waals surface area contributed by atoms with Gasteiger partial charge in [-0.1, -0.05) is 29.8 Å². The largest absolute Gasteiger partial charge is 0.303 e. The van der Waals surface area contributed by atoms with Gasteiger partial charge in [-0.3, -0.25) is 14.5 Å². The average molecular weight is 272 g/mol. The van der Waals surface area contributed by atoms with Crippen molar-refractivity contribution < 1.29 is 9.59 Å². The van der Waals surface area contributed by atoms with Crippen LogP contribution in [0.5, 0.6) is 0 Å². The molecular weight excluding hydrogens is 252 g/mol. The van der Waals surface area contributed by atoms with Gasteiger partial charge < -0.3 is 5.32 Å². The van der Waals surface area contributed by atoms with Crippen molar-refractivity contribution in [2.75, 3.05) is 7.05 Å². The first-order chi connectivity index (χ1) is 9.54. The Balaban J connectivity index is 1.53. The van der Waals surface area contributed by atoms with Crippen LogP contribution in [0.25, 0.3) is 0 Å². The fraction of sp³-hybridized carbons (Fsp3) is 0.500. The summed E-state index contributed by atoms with van der Waals surface area (Å²) in [6, 6.07) is 8.71. The van der Waals surface area contributed by atoms with E-state index in [1.54, 1.807) is 7.05 Å². The third kappa shape index (κ3) is 2.36. The van der Waals surface area contributed by atoms with Crippen molar-refractivity contribution in [3.8, 4) is 0 Å². The second kappa shape index (κ2) is 5.02. The number of nitrogens with one attached hydrogen (secondary N) is 1. The van der Waals surface area contributed by atoms with Gasteiger partial charge in [-0.05, 0) is 31.2 Å². The maximum Gasteiger partial charge on any atom is 0.246 e. The van der Waals surface area contributed by atoms with Gasteiger partial charge in [0.2, 0.25) is 11.8 Å². The minimum atomic E-state index is -0.309. The van der Waals surface area contributed by atoms with Crippen LogP contribution in [0.4, 0.5) is 0 Å². The number of hydrogen-bond acceptors (Lipinski definition) is 3. The molecular formula is C16H20N2O2. The van der Waals surface area contributed by atoms with Crippen molar-refractivity contribution in [2.45, 2.75) is 44.2 Å². The molecule has 0 bridgehead atoms. The number of rotatable bonds is 3. The lowest BCUT2D eigenvalue weighted by Crippen LogP contribution is -2.48. The summed E-state index contributed by atoms with van der Waals surface area (Å²) < 4.78 is 0. The number of likely N-dealkylation sites (tertiary alicyclic amines) is 1. The van der Waals surface area contributed by atoms with Crippen LogP contribution in [0.1, 0.15) is 36.3 Å². The van der Waals surface area contributed by atoms with Crippen molar-refractivity contribution in [1.29, 1.82) is 0 Å². The average Bonchev–Trinajstić information content (AvgIpc) is 2.62. The van der Waals surface area contributed by atoms with Gasteiger partial charge in [-0.25, -0.2) is 0 Å². The van der Waals surface area contributed by atoms with Crippen molar-refractivity contribution in [2.24, 2.45) is 0 Å². The fourth-order valence-corrected chi connectivity index (χ4v) is 3.03. The van der Waals surface area contributed by atoms with Gasteiger partial charge in [0.1, 0.15) is 0 Å². The highest BCUT2D eigenvalue weighted by atomic mass is 16.2. The number of likely N-dealkylation sites (N-methyl/N-ethyl adjacent to an activating group) is 1. The van der Waals surface area contributed by atoms with Crippen LogP contribution in [0.3, 0.4) is 0 Å². The van der Waals surface area contributed by atoms with E-state index < -0.39 is 0 Å². The van der Waals surface area contributed by atoms with Gasteiger partial charge in [0.25, 0.3) is 0 Å². The van der Waals surface area contributed by atoms with E-state index in [0.29, 0.717) is 18.4 Å². The van der Waals surface area contributed by atoms with Gasteiger partial charge in [-0.15, -0.1) is 0 Å². The van der Waals surface area contributed by atoms with Gasteiger partial charge in [0.05, 0.1) is 12.5 Å².